The minimum Gasteiger partial charge on any atom is -0.478 e. The monoisotopic (exact) mass is 364 g/mol. The normalized spacial score (nSPS) is 26.5. The van der Waals surface area contributed by atoms with E-state index in [-0.39, 0.29) is 0 Å². The number of aliphatic carboxylic acids is 1. The molecule has 8 nitrogen and oxygen atoms in total. The van der Waals surface area contributed by atoms with Gasteiger partial charge in [0.15, 0.2) is 0 Å². The van der Waals surface area contributed by atoms with Gasteiger partial charge in [-0.15, -0.1) is 0 Å². The van der Waals surface area contributed by atoms with Crippen LogP contribution in [0.1, 0.15) is 83.6 Å². The molecule has 0 rings (SSSR count). The van der Waals surface area contributed by atoms with Crippen molar-refractivity contribution in [1.82, 2.24) is 0 Å². The van der Waals surface area contributed by atoms with E-state index in [9.17, 15) is 24.3 Å². The van der Waals surface area contributed by atoms with Crippen LogP contribution in [-0.2, 0) is 33.4 Å². The van der Waals surface area contributed by atoms with Crippen molar-refractivity contribution in [2.45, 2.75) is 64.6 Å². The van der Waals surface area contributed by atoms with Gasteiger partial charge in [0.1, 0.15) is 0 Å². The second kappa shape index (κ2) is 11.4. The van der Waals surface area contributed by atoms with Crippen molar-refractivity contribution in [2.75, 3.05) is 13.1 Å². The van der Waals surface area contributed by atoms with E-state index in [1.165, 1.54) is 0 Å². The predicted octanol–water partition coefficient (Wildman–Crippen LogP) is 1.84. The Kier molecular flexibility index (Phi) is 3.00. The lowest BCUT2D eigenvalue weighted by Gasteiger charge is -2.27. The summed E-state index contributed by atoms with van der Waals surface area (Å²) in [6, 6.07) is 0. The molecule has 0 aliphatic rings. The van der Waals surface area contributed by atoms with Crippen LogP contribution in [0.4, 0.5) is 0 Å². The molecule has 0 radical (unpaired) electrons. The summed E-state index contributed by atoms with van der Waals surface area (Å²) in [7, 11) is 0. The van der Waals surface area contributed by atoms with E-state index in [0.717, 1.165) is 0 Å². The van der Waals surface area contributed by atoms with Crippen LogP contribution in [0.15, 0.2) is 0 Å². The van der Waals surface area contributed by atoms with Crippen molar-refractivity contribution in [3.63, 3.8) is 0 Å². The summed E-state index contributed by atoms with van der Waals surface area (Å²) in [4.78, 5) is 48.7. The van der Waals surface area contributed by atoms with Gasteiger partial charge in [0.25, 0.3) is 0 Å². The molecule has 24 heavy (non-hydrogen) atoms. The van der Waals surface area contributed by atoms with Gasteiger partial charge in [0.05, 0.1) is 31.4 Å². The maximum Gasteiger partial charge on any atom is 0.349 e. The summed E-state index contributed by atoms with van der Waals surface area (Å²) in [5.41, 5.74) is -3.49. The molecule has 0 atom stereocenters. The van der Waals surface area contributed by atoms with E-state index < -0.39 is 94.6 Å². The van der Waals surface area contributed by atoms with Crippen LogP contribution in [-0.4, -0.2) is 47.7 Å². The molecule has 0 aromatic carbocycles. The molecule has 0 aliphatic heterocycles. The minimum absolute atomic E-state index is 0.542. The van der Waals surface area contributed by atoms with E-state index in [2.05, 4.69) is 14.2 Å². The van der Waals surface area contributed by atoms with E-state index in [0.29, 0.717) is 6.92 Å². The number of carboxylic acid groups (broad SMARTS) is 1. The highest BCUT2D eigenvalue weighted by molar-refractivity contribution is 5.91. The van der Waals surface area contributed by atoms with Crippen molar-refractivity contribution < 1.29 is 63.2 Å². The maximum absolute atomic E-state index is 12.5. The van der Waals surface area contributed by atoms with Gasteiger partial charge in [0.2, 0.25) is 5.60 Å². The number of carboxylic acids is 1. The van der Waals surface area contributed by atoms with Gasteiger partial charge in [0, 0.05) is 26.1 Å². The molecule has 8 heteroatoms. The standard InChI is InChI=1S/C16H26O8/c1-4-6-8-22-13(18)10-16(15(20)21,24-12(3)17)11-14(19)23-9-7-5-2/h4-11H2,1-3H3,(H,20,21)/i1D3,2D3,4D2,5D2,6D2,7D2,8D2,9D2. The van der Waals surface area contributed by atoms with Gasteiger partial charge >= 0.3 is 23.9 Å². The number of carbonyl (C=O) groups excluding carboxylic acids is 3. The van der Waals surface area contributed by atoms with Crippen LogP contribution in [0.2, 0.25) is 0 Å². The predicted molar refractivity (Wildman–Crippen MR) is 83.1 cm³/mol. The number of carbonyl (C=O) groups is 4. The van der Waals surface area contributed by atoms with Gasteiger partial charge < -0.3 is 19.3 Å². The number of hydrogen-bond donors (Lipinski definition) is 1. The second-order valence-electron chi connectivity index (χ2n) is 3.90. The molecule has 0 fully saturated rings. The lowest BCUT2D eigenvalue weighted by molar-refractivity contribution is -0.186. The Morgan fingerprint density at radius 3 is 1.79 bits per heavy atom. The summed E-state index contributed by atoms with van der Waals surface area (Å²) in [6.07, 6.45) is -20.1. The summed E-state index contributed by atoms with van der Waals surface area (Å²) >= 11 is 0. The minimum atomic E-state index is -4.16. The first kappa shape index (κ1) is 6.31. The number of hydrogen-bond acceptors (Lipinski definition) is 7. The van der Waals surface area contributed by atoms with Crippen LogP contribution < -0.4 is 0 Å². The van der Waals surface area contributed by atoms with Crippen molar-refractivity contribution in [2.24, 2.45) is 0 Å². The number of rotatable bonds is 12. The molecule has 0 amide bonds. The Morgan fingerprint density at radius 1 is 1.00 bits per heavy atom. The first-order valence-electron chi connectivity index (χ1n) is 14.9. The first-order valence-corrected chi connectivity index (χ1v) is 5.93. The summed E-state index contributed by atoms with van der Waals surface area (Å²) in [5, 5.41) is 9.66. The third-order valence-corrected chi connectivity index (χ3v) is 2.15. The topological polar surface area (TPSA) is 116 Å². The largest absolute Gasteiger partial charge is 0.478 e. The first-order chi connectivity index (χ1) is 18.1. The van der Waals surface area contributed by atoms with E-state index >= 15 is 0 Å². The third kappa shape index (κ3) is 8.50. The lowest BCUT2D eigenvalue weighted by Crippen LogP contribution is -2.47. The fraction of sp³-hybridized carbons (Fsp3) is 0.750. The SMILES string of the molecule is [2H]C([2H])([2H])C([2H])([2H])C([2H])([2H])C([2H])([2H])OC(=O)CC(CC(=O)OC([2H])([2H])C([2H])([2H])C([2H])([2H])C([2H])([2H])[2H])(OC(C)=O)C(=O)O. The van der Waals surface area contributed by atoms with Gasteiger partial charge in [-0.2, -0.15) is 0 Å². The molecule has 0 aromatic rings. The fourth-order valence-electron chi connectivity index (χ4n) is 1.36. The number of ether oxygens (including phenoxy) is 3. The van der Waals surface area contributed by atoms with Gasteiger partial charge in [-0.05, 0) is 12.7 Å². The average molecular weight is 364 g/mol. The van der Waals surface area contributed by atoms with E-state index in [1.54, 1.807) is 0 Å². The zero-order valence-electron chi connectivity index (χ0n) is 30.2. The molecule has 0 saturated heterocycles. The summed E-state index contributed by atoms with van der Waals surface area (Å²) in [5.74, 6) is -8.28. The quantitative estimate of drug-likeness (QED) is 0.412. The molecule has 0 bridgehead atoms. The maximum atomic E-state index is 12.5. The summed E-state index contributed by atoms with van der Waals surface area (Å²) < 4.78 is 146. The van der Waals surface area contributed by atoms with E-state index in [1.807, 2.05) is 0 Å². The third-order valence-electron chi connectivity index (χ3n) is 2.15. The van der Waals surface area contributed by atoms with Crippen molar-refractivity contribution in [1.29, 1.82) is 0 Å². The Bertz CT molecular complexity index is 995. The van der Waals surface area contributed by atoms with Crippen LogP contribution in [0.5, 0.6) is 0 Å². The van der Waals surface area contributed by atoms with Gasteiger partial charge in [-0.3, -0.25) is 14.4 Å². The molecule has 138 valence electrons. The van der Waals surface area contributed by atoms with Crippen LogP contribution in [0.25, 0.3) is 0 Å². The zero-order valence-corrected chi connectivity index (χ0v) is 12.2. The van der Waals surface area contributed by atoms with E-state index in [4.69, 9.17) is 24.7 Å². The van der Waals surface area contributed by atoms with Crippen LogP contribution in [0, 0.1) is 0 Å². The molecule has 0 heterocycles. The molecular weight excluding hydrogens is 320 g/mol. The van der Waals surface area contributed by atoms with Gasteiger partial charge in [-0.25, -0.2) is 4.79 Å². The van der Waals surface area contributed by atoms with Crippen molar-refractivity contribution >= 4 is 23.9 Å². The van der Waals surface area contributed by atoms with Crippen LogP contribution >= 0.6 is 0 Å². The van der Waals surface area contributed by atoms with Crippen molar-refractivity contribution in [3.05, 3.63) is 0 Å². The van der Waals surface area contributed by atoms with Gasteiger partial charge in [-0.1, -0.05) is 26.4 Å². The highest BCUT2D eigenvalue weighted by Gasteiger charge is 2.47. The van der Waals surface area contributed by atoms with Crippen LogP contribution in [0.3, 0.4) is 0 Å². The average Bonchev–Trinajstić information content (AvgIpc) is 2.69. The number of esters is 3. The summed E-state index contributed by atoms with van der Waals surface area (Å²) in [6.45, 7) is -15.4. The Balaban J connectivity index is 6.42. The molecule has 0 unspecified atom stereocenters. The molecular formula is C16H26O8. The molecule has 0 aliphatic carbocycles. The Labute approximate surface area is 166 Å². The molecule has 0 spiro atoms. The smallest absolute Gasteiger partial charge is 0.349 e. The molecule has 0 aromatic heterocycles. The lowest BCUT2D eigenvalue weighted by atomic mass is 9.95. The highest BCUT2D eigenvalue weighted by atomic mass is 16.6. The molecule has 1 N–H and O–H groups in total. The molecule has 0 saturated carbocycles. The Morgan fingerprint density at radius 2 is 1.46 bits per heavy atom. The highest BCUT2D eigenvalue weighted by Crippen LogP contribution is 2.24. The van der Waals surface area contributed by atoms with Crippen molar-refractivity contribution in [3.8, 4) is 0 Å². The second-order valence-corrected chi connectivity index (χ2v) is 3.90. The Hall–Kier alpha value is -2.12. The fourth-order valence-corrected chi connectivity index (χ4v) is 1.36. The zero-order chi connectivity index (χ0) is 34.3.